The van der Waals surface area contributed by atoms with Gasteiger partial charge in [-0.15, -0.1) is 0 Å². The van der Waals surface area contributed by atoms with E-state index in [1.807, 2.05) is 0 Å². The highest BCUT2D eigenvalue weighted by molar-refractivity contribution is 6.88. The first-order valence-corrected chi connectivity index (χ1v) is 26.3. The summed E-state index contributed by atoms with van der Waals surface area (Å²) < 4.78 is 0. The van der Waals surface area contributed by atoms with E-state index in [0.29, 0.717) is 0 Å². The Hall–Kier alpha value is -6.38. The van der Waals surface area contributed by atoms with Crippen molar-refractivity contribution in [1.29, 1.82) is 0 Å². The molecule has 0 bridgehead atoms. The lowest BCUT2D eigenvalue weighted by molar-refractivity contribution is 0.332. The van der Waals surface area contributed by atoms with Crippen molar-refractivity contribution >= 4 is 34.7 Å². The van der Waals surface area contributed by atoms with Gasteiger partial charge in [-0.2, -0.15) is 0 Å². The number of aryl methyl sites for hydroxylation is 2. The summed E-state index contributed by atoms with van der Waals surface area (Å²) >= 11 is 0. The van der Waals surface area contributed by atoms with Gasteiger partial charge in [-0.25, -0.2) is 0 Å². The number of benzene rings is 8. The van der Waals surface area contributed by atoms with Crippen LogP contribution >= 0.6 is 0 Å². The second-order valence-electron chi connectivity index (χ2n) is 24.1. The molecule has 0 spiro atoms. The van der Waals surface area contributed by atoms with E-state index >= 15 is 0 Å². The van der Waals surface area contributed by atoms with Gasteiger partial charge in [0.1, 0.15) is 0 Å². The summed E-state index contributed by atoms with van der Waals surface area (Å²) in [6, 6.07) is 61.6. The van der Waals surface area contributed by atoms with Crippen LogP contribution in [0.4, 0.5) is 17.1 Å². The maximum atomic E-state index is 2.72. The Bertz CT molecular complexity index is 3430. The Labute approximate surface area is 419 Å². The summed E-state index contributed by atoms with van der Waals surface area (Å²) in [6.45, 7) is 24.7. The van der Waals surface area contributed by atoms with Crippen LogP contribution in [0.25, 0.3) is 55.6 Å². The van der Waals surface area contributed by atoms with Crippen molar-refractivity contribution in [2.75, 3.05) is 4.90 Å². The lowest BCUT2D eigenvalue weighted by atomic mass is 9.38. The largest absolute Gasteiger partial charge is 0.311 e. The molecular formula is C68H68BN. The highest BCUT2D eigenvalue weighted by Gasteiger charge is 2.43. The van der Waals surface area contributed by atoms with Crippen LogP contribution in [0.1, 0.15) is 120 Å². The normalized spacial score (nSPS) is 17.6. The Morgan fingerprint density at radius 1 is 0.400 bits per heavy atom. The van der Waals surface area contributed by atoms with Crippen molar-refractivity contribution in [3.8, 4) is 55.6 Å². The van der Waals surface area contributed by atoms with Gasteiger partial charge in [0.25, 0.3) is 0 Å². The molecule has 0 aromatic heterocycles. The van der Waals surface area contributed by atoms with Gasteiger partial charge in [0.2, 0.25) is 6.71 Å². The molecule has 12 rings (SSSR count). The zero-order valence-corrected chi connectivity index (χ0v) is 43.3. The van der Waals surface area contributed by atoms with Gasteiger partial charge < -0.3 is 4.90 Å². The van der Waals surface area contributed by atoms with Gasteiger partial charge in [-0.3, -0.25) is 0 Å². The van der Waals surface area contributed by atoms with Gasteiger partial charge in [-0.05, 0) is 197 Å². The Morgan fingerprint density at radius 3 is 1.51 bits per heavy atom. The third-order valence-corrected chi connectivity index (χ3v) is 17.9. The smallest absolute Gasteiger partial charge is 0.212 e. The minimum atomic E-state index is 0.0679. The molecule has 0 saturated carbocycles. The number of rotatable bonds is 3. The van der Waals surface area contributed by atoms with Crippen molar-refractivity contribution in [2.45, 2.75) is 129 Å². The van der Waals surface area contributed by atoms with Crippen LogP contribution in [0, 0.1) is 6.92 Å². The fourth-order valence-electron chi connectivity index (χ4n) is 13.5. The molecule has 1 heterocycles. The molecule has 70 heavy (non-hydrogen) atoms. The summed E-state index contributed by atoms with van der Waals surface area (Å²) in [5.41, 5.74) is 30.3. The third kappa shape index (κ3) is 7.02. The molecule has 8 aromatic carbocycles. The molecule has 3 aliphatic carbocycles. The number of fused-ring (bicyclic) bond motifs is 11. The molecule has 0 unspecified atom stereocenters. The van der Waals surface area contributed by atoms with Crippen LogP contribution in [-0.2, 0) is 34.5 Å². The molecule has 0 atom stereocenters. The van der Waals surface area contributed by atoms with E-state index in [1.54, 1.807) is 0 Å². The number of nitrogens with zero attached hydrogens (tertiary/aromatic N) is 1. The summed E-state index contributed by atoms with van der Waals surface area (Å²) in [6.07, 6.45) is 6.61. The number of hydrogen-bond donors (Lipinski definition) is 0. The third-order valence-electron chi connectivity index (χ3n) is 17.9. The van der Waals surface area contributed by atoms with E-state index < -0.39 is 0 Å². The summed E-state index contributed by atoms with van der Waals surface area (Å²) in [5, 5.41) is 0. The van der Waals surface area contributed by atoms with Gasteiger partial charge >= 0.3 is 0 Å². The zero-order chi connectivity index (χ0) is 48.5. The quantitative estimate of drug-likeness (QED) is 0.160. The first-order chi connectivity index (χ1) is 33.5. The predicted molar refractivity (Wildman–Crippen MR) is 302 cm³/mol. The molecule has 0 amide bonds. The summed E-state index contributed by atoms with van der Waals surface area (Å²) in [4.78, 5) is 2.72. The van der Waals surface area contributed by atoms with Crippen molar-refractivity contribution in [3.05, 3.63) is 197 Å². The minimum absolute atomic E-state index is 0.0679. The predicted octanol–water partition coefficient (Wildman–Crippen LogP) is 17.1. The van der Waals surface area contributed by atoms with E-state index in [2.05, 4.69) is 232 Å². The van der Waals surface area contributed by atoms with Crippen LogP contribution < -0.4 is 15.8 Å². The fraction of sp³-hybridized carbons (Fsp3) is 0.294. The van der Waals surface area contributed by atoms with E-state index in [9.17, 15) is 0 Å². The van der Waals surface area contributed by atoms with Crippen molar-refractivity contribution in [3.63, 3.8) is 0 Å². The summed E-state index contributed by atoms with van der Waals surface area (Å²) in [7, 11) is 0. The van der Waals surface area contributed by atoms with E-state index in [4.69, 9.17) is 0 Å². The molecule has 8 aromatic rings. The molecular weight excluding hydrogens is 842 g/mol. The standard InChI is InChI=1S/C68H68BN/c1-43-20-11-13-22-47(43)45-38-56(54-29-19-28-53-52-27-18-17-26-51(52)50-25-16-15-24-49(50)48-23-14-12-21-44(48)30-32-55(53)54)64-63(39-45)70(46-31-33-57-58(40-46)66(4,5)35-34-65(57,2)3)62-42-60-59(41-61(62)69(64)10)67(6,7)36-37-68(60,8)9/h11-29,31,33,38-42H,30,32,34-37H2,1-10H3. The second-order valence-corrected chi connectivity index (χ2v) is 24.1. The first kappa shape index (κ1) is 44.8. The van der Waals surface area contributed by atoms with Crippen LogP contribution in [0.5, 0.6) is 0 Å². The monoisotopic (exact) mass is 910 g/mol. The minimum Gasteiger partial charge on any atom is -0.311 e. The lowest BCUT2D eigenvalue weighted by Crippen LogP contribution is -2.50. The summed E-state index contributed by atoms with van der Waals surface area (Å²) in [5.74, 6) is 0. The molecule has 0 radical (unpaired) electrons. The van der Waals surface area contributed by atoms with Crippen molar-refractivity contribution < 1.29 is 0 Å². The number of hydrogen-bond acceptors (Lipinski definition) is 1. The molecule has 2 heteroatoms. The Kier molecular flexibility index (Phi) is 10.3. The molecule has 0 N–H and O–H groups in total. The van der Waals surface area contributed by atoms with Crippen LogP contribution in [0.2, 0.25) is 6.82 Å². The Morgan fingerprint density at radius 2 is 0.886 bits per heavy atom. The lowest BCUT2D eigenvalue weighted by Gasteiger charge is -2.46. The van der Waals surface area contributed by atoms with E-state index in [1.165, 1.54) is 148 Å². The topological polar surface area (TPSA) is 3.24 Å². The van der Waals surface area contributed by atoms with E-state index in [0.717, 1.165) is 12.8 Å². The maximum absolute atomic E-state index is 2.72. The van der Waals surface area contributed by atoms with Gasteiger partial charge in [0, 0.05) is 17.1 Å². The molecule has 4 aliphatic rings. The average Bonchev–Trinajstić information content (AvgIpc) is 3.35. The highest BCUT2D eigenvalue weighted by atomic mass is 15.2. The van der Waals surface area contributed by atoms with Gasteiger partial charge in [0.05, 0.1) is 0 Å². The Balaban J connectivity index is 1.19. The van der Waals surface area contributed by atoms with Crippen LogP contribution in [0.3, 0.4) is 0 Å². The fourth-order valence-corrected chi connectivity index (χ4v) is 13.5. The SMILES string of the molecule is CB1c2cc3c(cc2N(c2ccc4c(c2)C(C)(C)CCC4(C)C)c2cc(-c4ccccc4C)cc(-c4cccc5c4CCc4ccccc4-c4ccccc4-c4ccccc4-5)c21)C(C)(C)CCC3(C)C. The van der Waals surface area contributed by atoms with Crippen molar-refractivity contribution in [1.82, 2.24) is 0 Å². The van der Waals surface area contributed by atoms with Crippen LogP contribution in [-0.4, -0.2) is 6.71 Å². The second kappa shape index (κ2) is 16.1. The first-order valence-electron chi connectivity index (χ1n) is 26.3. The van der Waals surface area contributed by atoms with E-state index in [-0.39, 0.29) is 28.4 Å². The molecule has 0 fully saturated rings. The zero-order valence-electron chi connectivity index (χ0n) is 43.3. The van der Waals surface area contributed by atoms with Crippen LogP contribution in [0.15, 0.2) is 158 Å². The molecule has 1 aliphatic heterocycles. The van der Waals surface area contributed by atoms with Crippen molar-refractivity contribution in [2.24, 2.45) is 0 Å². The average molecular weight is 910 g/mol. The maximum Gasteiger partial charge on any atom is 0.212 e. The molecule has 1 nitrogen and oxygen atoms in total. The highest BCUT2D eigenvalue weighted by Crippen LogP contribution is 2.53. The molecule has 348 valence electrons. The molecule has 0 saturated heterocycles. The van der Waals surface area contributed by atoms with Gasteiger partial charge in [0.15, 0.2) is 0 Å². The number of anilines is 3. The van der Waals surface area contributed by atoms with Gasteiger partial charge in [-0.1, -0.05) is 195 Å².